The highest BCUT2D eigenvalue weighted by atomic mass is 32.2. The second kappa shape index (κ2) is 9.97. The molecule has 0 fully saturated rings. The van der Waals surface area contributed by atoms with Gasteiger partial charge in [-0.3, -0.25) is 5.32 Å². The van der Waals surface area contributed by atoms with Crippen molar-refractivity contribution in [3.8, 4) is 5.75 Å². The number of hydrogen-bond acceptors (Lipinski definition) is 8. The Morgan fingerprint density at radius 2 is 2.00 bits per heavy atom. The lowest BCUT2D eigenvalue weighted by Crippen LogP contribution is -2.33. The number of carboxylic acids is 1. The minimum absolute atomic E-state index is 0.283. The fourth-order valence-electron chi connectivity index (χ4n) is 1.98. The molecule has 1 aromatic carbocycles. The normalized spacial score (nSPS) is 11.6. The number of hydrogen-bond donors (Lipinski definition) is 2. The first-order chi connectivity index (χ1) is 12.5. The first kappa shape index (κ1) is 20.0. The highest BCUT2D eigenvalue weighted by molar-refractivity contribution is 8.02. The molecule has 1 aromatic heterocycles. The van der Waals surface area contributed by atoms with E-state index in [1.807, 2.05) is 6.92 Å². The lowest BCUT2D eigenvalue weighted by Gasteiger charge is -2.14. The summed E-state index contributed by atoms with van der Waals surface area (Å²) in [5.41, 5.74) is 0.596. The Morgan fingerprint density at radius 1 is 1.27 bits per heavy atom. The van der Waals surface area contributed by atoms with Gasteiger partial charge in [-0.15, -0.1) is 10.2 Å². The van der Waals surface area contributed by atoms with Gasteiger partial charge in [0.25, 0.3) is 0 Å². The molecule has 0 unspecified atom stereocenters. The van der Waals surface area contributed by atoms with Crippen molar-refractivity contribution in [2.45, 2.75) is 35.8 Å². The summed E-state index contributed by atoms with van der Waals surface area (Å²) >= 11 is 2.20. The van der Waals surface area contributed by atoms with Gasteiger partial charge in [0, 0.05) is 5.69 Å². The second-order valence-electron chi connectivity index (χ2n) is 5.25. The van der Waals surface area contributed by atoms with E-state index in [1.54, 1.807) is 31.4 Å². The number of aromatic nitrogens is 2. The number of unbranched alkanes of at least 4 members (excludes halogenated alkanes) is 1. The number of methoxy groups -OCH3 is 1. The van der Waals surface area contributed by atoms with Gasteiger partial charge in [0.05, 0.1) is 18.3 Å². The molecule has 0 saturated carbocycles. The molecule has 26 heavy (non-hydrogen) atoms. The Kier molecular flexibility index (Phi) is 7.67. The van der Waals surface area contributed by atoms with E-state index in [-0.39, 0.29) is 5.13 Å². The van der Waals surface area contributed by atoms with Crippen LogP contribution in [0.15, 0.2) is 28.6 Å². The number of nitrogens with one attached hydrogen (secondary N) is 2. The van der Waals surface area contributed by atoms with Gasteiger partial charge in [0.15, 0.2) is 4.34 Å². The Morgan fingerprint density at radius 3 is 2.62 bits per heavy atom. The fourth-order valence-corrected chi connectivity index (χ4v) is 3.94. The lowest BCUT2D eigenvalue weighted by molar-refractivity contribution is -0.304. The fraction of sp³-hybridized carbons (Fsp3) is 0.375. The molecule has 0 aliphatic rings. The number of carbonyl (C=O) groups excluding carboxylic acids is 2. The van der Waals surface area contributed by atoms with E-state index in [1.165, 1.54) is 0 Å². The SMILES string of the molecule is CCCC[C@@H](Sc1nnc(NC(=O)Nc2ccc(OC)cc2)s1)C(=O)[O-]. The first-order valence-electron chi connectivity index (χ1n) is 7.95. The van der Waals surface area contributed by atoms with Gasteiger partial charge < -0.3 is 20.0 Å². The van der Waals surface area contributed by atoms with Crippen molar-refractivity contribution in [2.24, 2.45) is 0 Å². The number of urea groups is 1. The summed E-state index contributed by atoms with van der Waals surface area (Å²) in [5, 5.41) is 23.8. The Bertz CT molecular complexity index is 736. The number of thioether (sulfide) groups is 1. The van der Waals surface area contributed by atoms with E-state index < -0.39 is 17.3 Å². The molecule has 0 aliphatic carbocycles. The van der Waals surface area contributed by atoms with Crippen LogP contribution in [-0.2, 0) is 4.79 Å². The average molecular weight is 395 g/mol. The van der Waals surface area contributed by atoms with Crippen molar-refractivity contribution in [1.29, 1.82) is 0 Å². The highest BCUT2D eigenvalue weighted by Gasteiger charge is 2.16. The van der Waals surface area contributed by atoms with Gasteiger partial charge in [-0.25, -0.2) is 4.79 Å². The molecule has 0 bridgehead atoms. The van der Waals surface area contributed by atoms with Crippen LogP contribution in [0.1, 0.15) is 26.2 Å². The third-order valence-electron chi connectivity index (χ3n) is 3.30. The largest absolute Gasteiger partial charge is 0.549 e. The second-order valence-corrected chi connectivity index (χ2v) is 7.68. The summed E-state index contributed by atoms with van der Waals surface area (Å²) in [7, 11) is 1.56. The van der Waals surface area contributed by atoms with Crippen LogP contribution >= 0.6 is 23.1 Å². The third kappa shape index (κ3) is 6.19. The number of anilines is 2. The molecule has 140 valence electrons. The first-order valence-corrected chi connectivity index (χ1v) is 9.64. The van der Waals surface area contributed by atoms with Crippen LogP contribution in [-0.4, -0.2) is 34.6 Å². The predicted octanol–water partition coefficient (Wildman–Crippen LogP) is 2.59. The molecular formula is C16H19N4O4S2-. The van der Waals surface area contributed by atoms with Gasteiger partial charge in [0.2, 0.25) is 5.13 Å². The van der Waals surface area contributed by atoms with E-state index >= 15 is 0 Å². The number of rotatable bonds is 9. The number of carbonyl (C=O) groups is 2. The van der Waals surface area contributed by atoms with Crippen molar-refractivity contribution >= 4 is 45.9 Å². The van der Waals surface area contributed by atoms with Crippen molar-refractivity contribution in [3.63, 3.8) is 0 Å². The molecule has 2 rings (SSSR count). The monoisotopic (exact) mass is 395 g/mol. The number of ether oxygens (including phenoxy) is 1. The van der Waals surface area contributed by atoms with Crippen LogP contribution in [0.4, 0.5) is 15.6 Å². The van der Waals surface area contributed by atoms with E-state index in [4.69, 9.17) is 4.74 Å². The van der Waals surface area contributed by atoms with Gasteiger partial charge in [-0.1, -0.05) is 42.9 Å². The summed E-state index contributed by atoms with van der Waals surface area (Å²) in [4.78, 5) is 23.2. The molecular weight excluding hydrogens is 376 g/mol. The maximum absolute atomic E-state index is 12.0. The van der Waals surface area contributed by atoms with Crippen molar-refractivity contribution < 1.29 is 19.4 Å². The van der Waals surface area contributed by atoms with E-state index in [0.717, 1.165) is 35.9 Å². The highest BCUT2D eigenvalue weighted by Crippen LogP contribution is 2.31. The van der Waals surface area contributed by atoms with Crippen molar-refractivity contribution in [3.05, 3.63) is 24.3 Å². The minimum atomic E-state index is -1.12. The summed E-state index contributed by atoms with van der Waals surface area (Å²) in [6.45, 7) is 1.99. The number of nitrogens with zero attached hydrogens (tertiary/aromatic N) is 2. The van der Waals surface area contributed by atoms with Crippen molar-refractivity contribution in [1.82, 2.24) is 10.2 Å². The number of aliphatic carboxylic acids is 1. The zero-order valence-electron chi connectivity index (χ0n) is 14.4. The van der Waals surface area contributed by atoms with E-state index in [9.17, 15) is 14.7 Å². The van der Waals surface area contributed by atoms with Gasteiger partial charge in [-0.2, -0.15) is 0 Å². The summed E-state index contributed by atoms with van der Waals surface area (Å²) < 4.78 is 5.52. The molecule has 0 aliphatic heterocycles. The molecule has 1 heterocycles. The molecule has 2 N–H and O–H groups in total. The number of carboxylic acid groups (broad SMARTS) is 1. The molecule has 0 saturated heterocycles. The topological polar surface area (TPSA) is 116 Å². The molecule has 10 heteroatoms. The van der Waals surface area contributed by atoms with E-state index in [2.05, 4.69) is 20.8 Å². The number of amides is 2. The maximum Gasteiger partial charge on any atom is 0.325 e. The van der Waals surface area contributed by atoms with Crippen LogP contribution in [0, 0.1) is 0 Å². The molecule has 8 nitrogen and oxygen atoms in total. The van der Waals surface area contributed by atoms with Crippen LogP contribution in [0.3, 0.4) is 0 Å². The molecule has 0 radical (unpaired) electrons. The standard InChI is InChI=1S/C16H20N4O4S2/c1-3-4-5-12(13(21)22)25-16-20-19-15(26-16)18-14(23)17-10-6-8-11(24-2)9-7-10/h6-9,12H,3-5H2,1-2H3,(H,21,22)(H2,17,18,19,23)/p-1/t12-/m1/s1. The Balaban J connectivity index is 1.89. The van der Waals surface area contributed by atoms with Gasteiger partial charge in [0.1, 0.15) is 5.75 Å². The average Bonchev–Trinajstić information content (AvgIpc) is 3.05. The zero-order valence-corrected chi connectivity index (χ0v) is 16.0. The maximum atomic E-state index is 12.0. The van der Waals surface area contributed by atoms with Gasteiger partial charge >= 0.3 is 6.03 Å². The van der Waals surface area contributed by atoms with Crippen LogP contribution < -0.4 is 20.5 Å². The summed E-state index contributed by atoms with van der Waals surface area (Å²) in [6.07, 6.45) is 2.20. The summed E-state index contributed by atoms with van der Waals surface area (Å²) in [5.74, 6) is -0.433. The quantitative estimate of drug-likeness (QED) is 0.495. The number of benzene rings is 1. The van der Waals surface area contributed by atoms with Crippen LogP contribution in [0.25, 0.3) is 0 Å². The van der Waals surface area contributed by atoms with Crippen LogP contribution in [0.2, 0.25) is 0 Å². The summed E-state index contributed by atoms with van der Waals surface area (Å²) in [6, 6.07) is 6.40. The lowest BCUT2D eigenvalue weighted by atomic mass is 10.2. The zero-order chi connectivity index (χ0) is 18.9. The van der Waals surface area contributed by atoms with E-state index in [0.29, 0.717) is 22.2 Å². The molecule has 2 aromatic rings. The third-order valence-corrected chi connectivity index (χ3v) is 5.47. The molecule has 0 spiro atoms. The predicted molar refractivity (Wildman–Crippen MR) is 99.7 cm³/mol. The van der Waals surface area contributed by atoms with Crippen LogP contribution in [0.5, 0.6) is 5.75 Å². The smallest absolute Gasteiger partial charge is 0.325 e. The Labute approximate surface area is 159 Å². The molecule has 1 atom stereocenters. The minimum Gasteiger partial charge on any atom is -0.549 e. The Hall–Kier alpha value is -2.33. The van der Waals surface area contributed by atoms with Gasteiger partial charge in [-0.05, 0) is 30.7 Å². The molecule has 2 amide bonds. The van der Waals surface area contributed by atoms with Crippen molar-refractivity contribution in [2.75, 3.05) is 17.7 Å².